The molecule has 2 N–H and O–H groups in total. The number of nitrogen functional groups attached to an aromatic ring is 1. The maximum atomic E-state index is 12.4. The van der Waals surface area contributed by atoms with Crippen LogP contribution in [0.25, 0.3) is 11.0 Å². The fraction of sp³-hybridized carbons (Fsp3) is 0. The summed E-state index contributed by atoms with van der Waals surface area (Å²) < 4.78 is 1.14. The highest BCUT2D eigenvalue weighted by Gasteiger charge is 2.17. The molecule has 0 saturated heterocycles. The molecular weight excluding hydrogens is 274 g/mol. The highest BCUT2D eigenvalue weighted by atomic mass is 16.6. The van der Waals surface area contributed by atoms with Gasteiger partial charge in [-0.2, -0.15) is 4.68 Å². The van der Waals surface area contributed by atoms with Gasteiger partial charge in [0.15, 0.2) is 5.82 Å². The molecule has 0 saturated carbocycles. The van der Waals surface area contributed by atoms with Crippen molar-refractivity contribution in [2.24, 2.45) is 0 Å². The summed E-state index contributed by atoms with van der Waals surface area (Å²) in [6.07, 6.45) is 1.56. The molecule has 3 rings (SSSR count). The molecule has 0 fully saturated rings. The van der Waals surface area contributed by atoms with Crippen molar-refractivity contribution in [2.75, 3.05) is 5.73 Å². The van der Waals surface area contributed by atoms with Crippen molar-refractivity contribution in [3.63, 3.8) is 0 Å². The summed E-state index contributed by atoms with van der Waals surface area (Å²) >= 11 is 0. The quantitative estimate of drug-likeness (QED) is 0.564. The average Bonchev–Trinajstić information content (AvgIpc) is 2.84. The lowest BCUT2D eigenvalue weighted by atomic mass is 10.2. The van der Waals surface area contributed by atoms with E-state index in [1.807, 2.05) is 0 Å². The van der Waals surface area contributed by atoms with Gasteiger partial charge < -0.3 is 5.73 Å². The Morgan fingerprint density at radius 3 is 2.62 bits per heavy atom. The van der Waals surface area contributed by atoms with Crippen molar-refractivity contribution >= 4 is 28.4 Å². The normalized spacial score (nSPS) is 10.7. The van der Waals surface area contributed by atoms with Gasteiger partial charge in [-0.3, -0.25) is 19.9 Å². The van der Waals surface area contributed by atoms with E-state index in [4.69, 9.17) is 5.73 Å². The van der Waals surface area contributed by atoms with Gasteiger partial charge in [0.05, 0.1) is 10.4 Å². The first-order chi connectivity index (χ1) is 10.1. The second-order valence-electron chi connectivity index (χ2n) is 4.28. The number of fused-ring (bicyclic) bond motifs is 1. The molecule has 0 unspecified atom stereocenters. The Morgan fingerprint density at radius 2 is 1.95 bits per heavy atom. The highest BCUT2D eigenvalue weighted by Crippen LogP contribution is 2.19. The zero-order valence-electron chi connectivity index (χ0n) is 10.6. The van der Waals surface area contributed by atoms with Gasteiger partial charge in [-0.25, -0.2) is 0 Å². The topological polar surface area (TPSA) is 117 Å². The lowest BCUT2D eigenvalue weighted by molar-refractivity contribution is -0.384. The number of carbonyl (C=O) groups excluding carboxylic acids is 1. The summed E-state index contributed by atoms with van der Waals surface area (Å²) in [6, 6.07) is 8.63. The van der Waals surface area contributed by atoms with Crippen molar-refractivity contribution in [1.29, 1.82) is 0 Å². The third-order valence-electron chi connectivity index (χ3n) is 2.98. The molecule has 0 bridgehead atoms. The van der Waals surface area contributed by atoms with E-state index in [0.717, 1.165) is 4.68 Å². The Kier molecular flexibility index (Phi) is 2.83. The Bertz CT molecular complexity index is 854. The minimum absolute atomic E-state index is 0.0851. The maximum Gasteiger partial charge on any atom is 0.278 e. The van der Waals surface area contributed by atoms with E-state index in [9.17, 15) is 14.9 Å². The molecule has 21 heavy (non-hydrogen) atoms. The van der Waals surface area contributed by atoms with Gasteiger partial charge in [-0.1, -0.05) is 0 Å². The highest BCUT2D eigenvalue weighted by molar-refractivity contribution is 6.02. The molecule has 1 aromatic carbocycles. The first kappa shape index (κ1) is 12.7. The third kappa shape index (κ3) is 2.08. The van der Waals surface area contributed by atoms with Gasteiger partial charge in [-0.05, 0) is 24.3 Å². The van der Waals surface area contributed by atoms with Crippen LogP contribution < -0.4 is 5.73 Å². The number of nitrogens with zero attached hydrogens (tertiary/aromatic N) is 4. The van der Waals surface area contributed by atoms with Crippen LogP contribution in [0.3, 0.4) is 0 Å². The van der Waals surface area contributed by atoms with Gasteiger partial charge in [0.25, 0.3) is 11.6 Å². The number of hydrogen-bond acceptors (Lipinski definition) is 6. The number of nitrogens with two attached hydrogens (primary N) is 1. The molecule has 0 spiro atoms. The molecule has 0 aliphatic heterocycles. The van der Waals surface area contributed by atoms with Gasteiger partial charge in [-0.15, -0.1) is 5.10 Å². The number of rotatable bonds is 2. The molecule has 0 amide bonds. The molecule has 0 aliphatic rings. The Morgan fingerprint density at radius 1 is 1.24 bits per heavy atom. The standard InChI is InChI=1S/C13H9N5O3/c14-12-11-10(2-1-7-15-11)17(16-12)13(19)8-3-5-9(6-4-8)18(20)21/h1-7H,(H2,14,16). The first-order valence-corrected chi connectivity index (χ1v) is 5.96. The molecule has 3 aromatic rings. The van der Waals surface area contributed by atoms with E-state index < -0.39 is 10.8 Å². The number of nitro benzene ring substituents is 1. The monoisotopic (exact) mass is 283 g/mol. The lowest BCUT2D eigenvalue weighted by Gasteiger charge is -2.01. The van der Waals surface area contributed by atoms with E-state index in [1.54, 1.807) is 18.3 Å². The number of benzene rings is 1. The van der Waals surface area contributed by atoms with Crippen LogP contribution in [-0.2, 0) is 0 Å². The molecule has 2 heterocycles. The van der Waals surface area contributed by atoms with Crippen molar-refractivity contribution in [2.45, 2.75) is 0 Å². The summed E-state index contributed by atoms with van der Waals surface area (Å²) in [7, 11) is 0. The summed E-state index contributed by atoms with van der Waals surface area (Å²) in [6.45, 7) is 0. The number of hydrogen-bond donors (Lipinski definition) is 1. The molecule has 0 aliphatic carbocycles. The molecule has 8 heteroatoms. The number of carbonyl (C=O) groups is 1. The van der Waals surface area contributed by atoms with Crippen molar-refractivity contribution < 1.29 is 9.72 Å². The summed E-state index contributed by atoms with van der Waals surface area (Å²) in [5.41, 5.74) is 6.83. The Balaban J connectivity index is 2.06. The lowest BCUT2D eigenvalue weighted by Crippen LogP contribution is -2.13. The zero-order chi connectivity index (χ0) is 15.0. The minimum atomic E-state index is -0.528. The number of anilines is 1. The molecule has 104 valence electrons. The van der Waals surface area contributed by atoms with Crippen molar-refractivity contribution in [3.8, 4) is 0 Å². The summed E-state index contributed by atoms with van der Waals surface area (Å²) in [4.78, 5) is 26.5. The maximum absolute atomic E-state index is 12.4. The van der Waals surface area contributed by atoms with Crippen LogP contribution >= 0.6 is 0 Å². The molecule has 0 atom stereocenters. The van der Waals surface area contributed by atoms with E-state index in [0.29, 0.717) is 11.0 Å². The second-order valence-corrected chi connectivity index (χ2v) is 4.28. The van der Waals surface area contributed by atoms with Crippen LogP contribution in [0.4, 0.5) is 11.5 Å². The first-order valence-electron chi connectivity index (χ1n) is 5.96. The third-order valence-corrected chi connectivity index (χ3v) is 2.98. The molecule has 8 nitrogen and oxygen atoms in total. The van der Waals surface area contributed by atoms with Crippen LogP contribution in [0, 0.1) is 10.1 Å². The van der Waals surface area contributed by atoms with Gasteiger partial charge in [0, 0.05) is 23.9 Å². The number of pyridine rings is 1. The fourth-order valence-corrected chi connectivity index (χ4v) is 1.98. The molecule has 2 aromatic heterocycles. The predicted octanol–water partition coefficient (Wildman–Crippen LogP) is 1.61. The van der Waals surface area contributed by atoms with Gasteiger partial charge in [0.1, 0.15) is 5.52 Å². The zero-order valence-corrected chi connectivity index (χ0v) is 10.6. The van der Waals surface area contributed by atoms with E-state index >= 15 is 0 Å². The van der Waals surface area contributed by atoms with Crippen LogP contribution in [-0.4, -0.2) is 25.6 Å². The molecular formula is C13H9N5O3. The van der Waals surface area contributed by atoms with Gasteiger partial charge >= 0.3 is 0 Å². The summed E-state index contributed by atoms with van der Waals surface area (Å²) in [5, 5.41) is 14.6. The smallest absolute Gasteiger partial charge is 0.278 e. The molecule has 0 radical (unpaired) electrons. The summed E-state index contributed by atoms with van der Waals surface area (Å²) in [5.74, 6) is -0.277. The number of nitro groups is 1. The van der Waals surface area contributed by atoms with Crippen LogP contribution in [0.2, 0.25) is 0 Å². The largest absolute Gasteiger partial charge is 0.380 e. The van der Waals surface area contributed by atoms with Crippen LogP contribution in [0.5, 0.6) is 0 Å². The van der Waals surface area contributed by atoms with Crippen LogP contribution in [0.15, 0.2) is 42.6 Å². The van der Waals surface area contributed by atoms with Crippen molar-refractivity contribution in [3.05, 3.63) is 58.3 Å². The van der Waals surface area contributed by atoms with E-state index in [2.05, 4.69) is 10.1 Å². The van der Waals surface area contributed by atoms with Crippen molar-refractivity contribution in [1.82, 2.24) is 14.8 Å². The van der Waals surface area contributed by atoms with Crippen LogP contribution in [0.1, 0.15) is 10.4 Å². The minimum Gasteiger partial charge on any atom is -0.380 e. The SMILES string of the molecule is Nc1nn(C(=O)c2ccc([N+](=O)[O-])cc2)c2cccnc12. The fourth-order valence-electron chi connectivity index (χ4n) is 1.98. The van der Waals surface area contributed by atoms with E-state index in [-0.39, 0.29) is 17.1 Å². The predicted molar refractivity (Wildman–Crippen MR) is 74.8 cm³/mol. The average molecular weight is 283 g/mol. The van der Waals surface area contributed by atoms with E-state index in [1.165, 1.54) is 24.3 Å². The Labute approximate surface area is 118 Å². The Hall–Kier alpha value is -3.29. The number of non-ortho nitro benzene ring substituents is 1. The number of aromatic nitrogens is 3. The van der Waals surface area contributed by atoms with Gasteiger partial charge in [0.2, 0.25) is 0 Å². The second kappa shape index (κ2) is 4.67.